The van der Waals surface area contributed by atoms with Crippen LogP contribution >= 0.6 is 11.3 Å². The lowest BCUT2D eigenvalue weighted by molar-refractivity contribution is 0.139. The molecule has 1 heterocycles. The van der Waals surface area contributed by atoms with Crippen molar-refractivity contribution in [2.45, 2.75) is 31.3 Å². The number of hydrogen-bond donors (Lipinski definition) is 1. The van der Waals surface area contributed by atoms with Crippen LogP contribution in [0.25, 0.3) is 0 Å². The molecule has 2 aromatic rings. The zero-order chi connectivity index (χ0) is 11.7. The fraction of sp³-hybridized carbons (Fsp3) is 0.333. The molecular formula is C15H16OS. The zero-order valence-corrected chi connectivity index (χ0v) is 10.5. The van der Waals surface area contributed by atoms with Crippen LogP contribution in [-0.4, -0.2) is 5.11 Å². The lowest BCUT2D eigenvalue weighted by atomic mass is 9.79. The SMILES string of the molecule is OC(c1cccs1)C1CCCc2ccccc21. The Morgan fingerprint density at radius 2 is 2.06 bits per heavy atom. The lowest BCUT2D eigenvalue weighted by Crippen LogP contribution is -2.16. The molecule has 1 N–H and O–H groups in total. The Kier molecular flexibility index (Phi) is 3.00. The topological polar surface area (TPSA) is 20.2 Å². The first kappa shape index (κ1) is 11.0. The van der Waals surface area contributed by atoms with Gasteiger partial charge in [0.05, 0.1) is 6.10 Å². The van der Waals surface area contributed by atoms with E-state index < -0.39 is 0 Å². The van der Waals surface area contributed by atoms with E-state index in [4.69, 9.17) is 0 Å². The molecule has 0 aliphatic heterocycles. The number of hydrogen-bond acceptors (Lipinski definition) is 2. The molecule has 2 unspecified atom stereocenters. The molecule has 1 nitrogen and oxygen atoms in total. The van der Waals surface area contributed by atoms with E-state index in [0.717, 1.165) is 17.7 Å². The molecule has 1 aromatic heterocycles. The highest BCUT2D eigenvalue weighted by Gasteiger charge is 2.27. The highest BCUT2D eigenvalue weighted by molar-refractivity contribution is 7.10. The van der Waals surface area contributed by atoms with Gasteiger partial charge in [0.25, 0.3) is 0 Å². The second-order valence-electron chi connectivity index (χ2n) is 4.66. The van der Waals surface area contributed by atoms with Crippen molar-refractivity contribution >= 4 is 11.3 Å². The van der Waals surface area contributed by atoms with Gasteiger partial charge < -0.3 is 5.11 Å². The summed E-state index contributed by atoms with van der Waals surface area (Å²) in [5, 5.41) is 12.5. The molecule has 1 aromatic carbocycles. The number of aliphatic hydroxyl groups excluding tert-OH is 1. The quantitative estimate of drug-likeness (QED) is 0.849. The van der Waals surface area contributed by atoms with Gasteiger partial charge in [-0.2, -0.15) is 0 Å². The summed E-state index contributed by atoms with van der Waals surface area (Å²) < 4.78 is 0. The molecule has 88 valence electrons. The van der Waals surface area contributed by atoms with Gasteiger partial charge in [-0.15, -0.1) is 11.3 Å². The lowest BCUT2D eigenvalue weighted by Gasteiger charge is -2.28. The van der Waals surface area contributed by atoms with Crippen LogP contribution in [0.4, 0.5) is 0 Å². The first-order valence-electron chi connectivity index (χ1n) is 6.15. The standard InChI is InChI=1S/C15H16OS/c16-15(14-9-4-10-17-14)13-8-3-6-11-5-1-2-7-12(11)13/h1-2,4-5,7,9-10,13,15-16H,3,6,8H2. The number of benzene rings is 1. The van der Waals surface area contributed by atoms with E-state index in [-0.39, 0.29) is 12.0 Å². The summed E-state index contributed by atoms with van der Waals surface area (Å²) in [6.07, 6.45) is 3.10. The minimum absolute atomic E-state index is 0.276. The van der Waals surface area contributed by atoms with Crippen LogP contribution in [0.15, 0.2) is 41.8 Å². The van der Waals surface area contributed by atoms with Gasteiger partial charge in [-0.1, -0.05) is 30.3 Å². The highest BCUT2D eigenvalue weighted by Crippen LogP contribution is 2.41. The van der Waals surface area contributed by atoms with Crippen molar-refractivity contribution in [3.63, 3.8) is 0 Å². The van der Waals surface area contributed by atoms with E-state index in [0.29, 0.717) is 0 Å². The number of aryl methyl sites for hydroxylation is 1. The average molecular weight is 244 g/mol. The van der Waals surface area contributed by atoms with Crippen molar-refractivity contribution in [3.8, 4) is 0 Å². The summed E-state index contributed by atoms with van der Waals surface area (Å²) in [7, 11) is 0. The molecule has 1 aliphatic rings. The molecule has 2 atom stereocenters. The molecular weight excluding hydrogens is 228 g/mol. The minimum Gasteiger partial charge on any atom is -0.387 e. The summed E-state index contributed by atoms with van der Waals surface area (Å²) in [6.45, 7) is 0. The van der Waals surface area contributed by atoms with Crippen molar-refractivity contribution in [1.29, 1.82) is 0 Å². The molecule has 0 fully saturated rings. The largest absolute Gasteiger partial charge is 0.387 e. The van der Waals surface area contributed by atoms with E-state index >= 15 is 0 Å². The summed E-state index contributed by atoms with van der Waals surface area (Å²) in [5.74, 6) is 0.276. The normalized spacial score (nSPS) is 20.9. The Morgan fingerprint density at radius 1 is 1.18 bits per heavy atom. The maximum atomic E-state index is 10.5. The fourth-order valence-corrected chi connectivity index (χ4v) is 3.55. The maximum absolute atomic E-state index is 10.5. The fourth-order valence-electron chi connectivity index (χ4n) is 2.78. The van der Waals surface area contributed by atoms with E-state index in [9.17, 15) is 5.11 Å². The van der Waals surface area contributed by atoms with Crippen molar-refractivity contribution in [3.05, 3.63) is 57.8 Å². The first-order chi connectivity index (χ1) is 8.36. The van der Waals surface area contributed by atoms with Crippen molar-refractivity contribution in [2.75, 3.05) is 0 Å². The Hall–Kier alpha value is -1.12. The Balaban J connectivity index is 1.95. The number of rotatable bonds is 2. The van der Waals surface area contributed by atoms with E-state index in [1.54, 1.807) is 11.3 Å². The molecule has 2 heteroatoms. The molecule has 0 amide bonds. The van der Waals surface area contributed by atoms with Gasteiger partial charge in [0, 0.05) is 10.8 Å². The van der Waals surface area contributed by atoms with Crippen LogP contribution in [0.3, 0.4) is 0 Å². The van der Waals surface area contributed by atoms with Crippen LogP contribution in [0, 0.1) is 0 Å². The van der Waals surface area contributed by atoms with Crippen LogP contribution in [-0.2, 0) is 6.42 Å². The molecule has 17 heavy (non-hydrogen) atoms. The highest BCUT2D eigenvalue weighted by atomic mass is 32.1. The third-order valence-corrected chi connectivity index (χ3v) is 4.57. The van der Waals surface area contributed by atoms with Gasteiger partial charge >= 0.3 is 0 Å². The number of fused-ring (bicyclic) bond motifs is 1. The molecule has 3 rings (SSSR count). The summed E-state index contributed by atoms with van der Waals surface area (Å²) >= 11 is 1.65. The van der Waals surface area contributed by atoms with Gasteiger partial charge in [0.1, 0.15) is 0 Å². The van der Waals surface area contributed by atoms with Gasteiger partial charge in [-0.05, 0) is 41.8 Å². The molecule has 0 saturated carbocycles. The van der Waals surface area contributed by atoms with Gasteiger partial charge in [-0.3, -0.25) is 0 Å². The molecule has 1 aliphatic carbocycles. The van der Waals surface area contributed by atoms with Gasteiger partial charge in [0.15, 0.2) is 0 Å². The monoisotopic (exact) mass is 244 g/mol. The van der Waals surface area contributed by atoms with E-state index in [1.807, 2.05) is 17.5 Å². The number of thiophene rings is 1. The van der Waals surface area contributed by atoms with Crippen LogP contribution in [0.1, 0.15) is 40.9 Å². The first-order valence-corrected chi connectivity index (χ1v) is 7.03. The third-order valence-electron chi connectivity index (χ3n) is 3.63. The molecule has 0 spiro atoms. The predicted octanol–water partition coefficient (Wildman–Crippen LogP) is 3.90. The second-order valence-corrected chi connectivity index (χ2v) is 5.64. The predicted molar refractivity (Wildman–Crippen MR) is 71.4 cm³/mol. The third kappa shape index (κ3) is 2.03. The molecule has 0 saturated heterocycles. The van der Waals surface area contributed by atoms with Gasteiger partial charge in [-0.25, -0.2) is 0 Å². The van der Waals surface area contributed by atoms with Crippen LogP contribution in [0.2, 0.25) is 0 Å². The zero-order valence-electron chi connectivity index (χ0n) is 9.67. The summed E-state index contributed by atoms with van der Waals surface area (Å²) in [5.41, 5.74) is 2.76. The van der Waals surface area contributed by atoms with Gasteiger partial charge in [0.2, 0.25) is 0 Å². The summed E-state index contributed by atoms with van der Waals surface area (Å²) in [6, 6.07) is 12.6. The van der Waals surface area contributed by atoms with Crippen molar-refractivity contribution in [1.82, 2.24) is 0 Å². The average Bonchev–Trinajstić information content (AvgIpc) is 2.91. The smallest absolute Gasteiger partial charge is 0.0950 e. The van der Waals surface area contributed by atoms with E-state index in [2.05, 4.69) is 24.3 Å². The van der Waals surface area contributed by atoms with Crippen molar-refractivity contribution < 1.29 is 5.11 Å². The van der Waals surface area contributed by atoms with Crippen molar-refractivity contribution in [2.24, 2.45) is 0 Å². The Labute approximate surface area is 106 Å². The van der Waals surface area contributed by atoms with Crippen LogP contribution < -0.4 is 0 Å². The molecule has 0 bridgehead atoms. The maximum Gasteiger partial charge on any atom is 0.0950 e. The number of aliphatic hydroxyl groups is 1. The van der Waals surface area contributed by atoms with Crippen LogP contribution in [0.5, 0.6) is 0 Å². The Bertz CT molecular complexity index is 489. The Morgan fingerprint density at radius 3 is 2.88 bits per heavy atom. The van der Waals surface area contributed by atoms with E-state index in [1.165, 1.54) is 17.5 Å². The summed E-state index contributed by atoms with van der Waals surface area (Å²) in [4.78, 5) is 1.09. The minimum atomic E-state index is -0.337. The second kappa shape index (κ2) is 4.63. The molecule has 0 radical (unpaired) electrons.